The van der Waals surface area contributed by atoms with Gasteiger partial charge in [-0.2, -0.15) is 0 Å². The van der Waals surface area contributed by atoms with Crippen LogP contribution in [0.5, 0.6) is 0 Å². The quantitative estimate of drug-likeness (QED) is 0.421. The van der Waals surface area contributed by atoms with Gasteiger partial charge in [0.05, 0.1) is 30.3 Å². The van der Waals surface area contributed by atoms with Gasteiger partial charge in [-0.3, -0.25) is 4.98 Å². The van der Waals surface area contributed by atoms with Crippen molar-refractivity contribution < 1.29 is 4.39 Å². The van der Waals surface area contributed by atoms with Crippen molar-refractivity contribution in [2.24, 2.45) is 5.41 Å². The van der Waals surface area contributed by atoms with Crippen LogP contribution in [0.3, 0.4) is 0 Å². The molecule has 168 valence electrons. The highest BCUT2D eigenvalue weighted by Crippen LogP contribution is 2.69. The second kappa shape index (κ2) is 6.84. The number of aromatic nitrogens is 6. The second-order valence-electron chi connectivity index (χ2n) is 10.0. The van der Waals surface area contributed by atoms with Crippen molar-refractivity contribution in [1.29, 1.82) is 0 Å². The van der Waals surface area contributed by atoms with Crippen molar-refractivity contribution in [3.63, 3.8) is 0 Å². The summed E-state index contributed by atoms with van der Waals surface area (Å²) in [6.07, 6.45) is 12.0. The summed E-state index contributed by atoms with van der Waals surface area (Å²) < 4.78 is 17.5. The Morgan fingerprint density at radius 3 is 2.76 bits per heavy atom. The first-order valence-corrected chi connectivity index (χ1v) is 11.5. The molecule has 8 rings (SSSR count). The third kappa shape index (κ3) is 3.47. The van der Waals surface area contributed by atoms with Crippen LogP contribution in [-0.2, 0) is 13.1 Å². The van der Waals surface area contributed by atoms with E-state index in [1.54, 1.807) is 0 Å². The third-order valence-corrected chi connectivity index (χ3v) is 7.16. The molecule has 9 heteroatoms. The molecule has 0 unspecified atom stereocenters. The molecule has 33 heavy (non-hydrogen) atoms. The van der Waals surface area contributed by atoms with Crippen molar-refractivity contribution in [3.05, 3.63) is 60.4 Å². The number of anilines is 1. The highest BCUT2D eigenvalue weighted by Gasteiger charge is 2.68. The standard InChI is InChI=1S/C24H25FN8/c25-24-13-23(14-24,15-24)16-27-6-17-1-2-22-28-19(10-32(22)9-17)11-33-12-21(29-30-33)18-5-20(8-26-7-18)31-3-4-31/h1-2,5,7-10,12,27H,3-4,6,11,13-16H2. The van der Waals surface area contributed by atoms with Gasteiger partial charge >= 0.3 is 0 Å². The first-order valence-electron chi connectivity index (χ1n) is 11.5. The number of halogens is 1. The fourth-order valence-corrected chi connectivity index (χ4v) is 5.51. The van der Waals surface area contributed by atoms with Crippen LogP contribution in [0.4, 0.5) is 10.1 Å². The van der Waals surface area contributed by atoms with Crippen molar-refractivity contribution in [2.45, 2.75) is 38.0 Å². The summed E-state index contributed by atoms with van der Waals surface area (Å²) in [5, 5.41) is 12.1. The second-order valence-corrected chi connectivity index (χ2v) is 10.0. The van der Waals surface area contributed by atoms with Crippen LogP contribution in [0.2, 0.25) is 0 Å². The minimum absolute atomic E-state index is 0.227. The average Bonchev–Trinajstić information content (AvgIpc) is 3.39. The van der Waals surface area contributed by atoms with E-state index in [2.05, 4.69) is 48.2 Å². The monoisotopic (exact) mass is 444 g/mol. The van der Waals surface area contributed by atoms with Crippen molar-refractivity contribution in [2.75, 3.05) is 24.5 Å². The molecule has 0 aromatic carbocycles. The predicted molar refractivity (Wildman–Crippen MR) is 122 cm³/mol. The molecular formula is C24H25FN8. The first kappa shape index (κ1) is 19.2. The number of nitrogens with zero attached hydrogens (tertiary/aromatic N) is 7. The highest BCUT2D eigenvalue weighted by molar-refractivity contribution is 5.64. The van der Waals surface area contributed by atoms with E-state index in [-0.39, 0.29) is 5.41 Å². The maximum atomic E-state index is 13.7. The van der Waals surface area contributed by atoms with E-state index >= 15 is 0 Å². The zero-order chi connectivity index (χ0) is 22.0. The van der Waals surface area contributed by atoms with Gasteiger partial charge in [0.2, 0.25) is 0 Å². The first-order chi connectivity index (χ1) is 16.0. The van der Waals surface area contributed by atoms with Crippen LogP contribution in [0, 0.1) is 5.41 Å². The largest absolute Gasteiger partial charge is 0.367 e. The van der Waals surface area contributed by atoms with Gasteiger partial charge < -0.3 is 14.6 Å². The van der Waals surface area contributed by atoms with Crippen LogP contribution < -0.4 is 10.2 Å². The summed E-state index contributed by atoms with van der Waals surface area (Å²) >= 11 is 0. The lowest BCUT2D eigenvalue weighted by Gasteiger charge is -2.66. The molecule has 3 aliphatic carbocycles. The number of alkyl halides is 1. The molecular weight excluding hydrogens is 419 g/mol. The lowest BCUT2D eigenvalue weighted by atomic mass is 9.42. The Morgan fingerprint density at radius 1 is 1.06 bits per heavy atom. The van der Waals surface area contributed by atoms with Crippen molar-refractivity contribution in [3.8, 4) is 11.3 Å². The summed E-state index contributed by atoms with van der Waals surface area (Å²) in [5.41, 5.74) is 5.33. The zero-order valence-corrected chi connectivity index (χ0v) is 18.3. The van der Waals surface area contributed by atoms with Crippen molar-refractivity contribution in [1.82, 2.24) is 34.7 Å². The van der Waals surface area contributed by atoms with Gasteiger partial charge in [0.1, 0.15) is 17.0 Å². The molecule has 4 aliphatic rings. The summed E-state index contributed by atoms with van der Waals surface area (Å²) in [4.78, 5) is 11.3. The maximum absolute atomic E-state index is 13.7. The van der Waals surface area contributed by atoms with E-state index in [1.807, 2.05) is 35.5 Å². The number of imidazole rings is 1. The molecule has 4 aromatic heterocycles. The number of hydrogen-bond donors (Lipinski definition) is 1. The molecule has 1 N–H and O–H groups in total. The number of rotatable bonds is 8. The van der Waals surface area contributed by atoms with Gasteiger partial charge in [-0.1, -0.05) is 11.3 Å². The lowest BCUT2D eigenvalue weighted by Crippen LogP contribution is -2.67. The van der Waals surface area contributed by atoms with E-state index in [0.29, 0.717) is 6.54 Å². The topological polar surface area (TPSA) is 75.9 Å². The molecule has 3 saturated carbocycles. The Labute approximate surface area is 190 Å². The summed E-state index contributed by atoms with van der Waals surface area (Å²) in [5.74, 6) is 0. The van der Waals surface area contributed by atoms with E-state index in [1.165, 1.54) is 5.56 Å². The fraction of sp³-hybridized carbons (Fsp3) is 0.417. The van der Waals surface area contributed by atoms with E-state index in [0.717, 1.165) is 73.7 Å². The number of fused-ring (bicyclic) bond motifs is 1. The predicted octanol–water partition coefficient (Wildman–Crippen LogP) is 2.84. The summed E-state index contributed by atoms with van der Waals surface area (Å²) in [7, 11) is 0. The molecule has 0 spiro atoms. The fourth-order valence-electron chi connectivity index (χ4n) is 5.51. The smallest absolute Gasteiger partial charge is 0.137 e. The van der Waals surface area contributed by atoms with Gasteiger partial charge in [-0.05, 0) is 42.4 Å². The Morgan fingerprint density at radius 2 is 1.94 bits per heavy atom. The Kier molecular flexibility index (Phi) is 3.97. The lowest BCUT2D eigenvalue weighted by molar-refractivity contribution is -0.209. The Hall–Kier alpha value is -3.33. The number of hydrogen-bond acceptors (Lipinski definition) is 6. The van der Waals surface area contributed by atoms with Gasteiger partial charge in [0.15, 0.2) is 0 Å². The van der Waals surface area contributed by atoms with E-state index < -0.39 is 5.67 Å². The highest BCUT2D eigenvalue weighted by atomic mass is 19.1. The van der Waals surface area contributed by atoms with Crippen molar-refractivity contribution >= 4 is 11.3 Å². The van der Waals surface area contributed by atoms with E-state index in [4.69, 9.17) is 4.98 Å². The zero-order valence-electron chi connectivity index (χ0n) is 18.3. The summed E-state index contributed by atoms with van der Waals surface area (Å²) in [6.45, 7) is 4.40. The molecule has 4 fully saturated rings. The maximum Gasteiger partial charge on any atom is 0.137 e. The normalized spacial score (nSPS) is 25.2. The molecule has 0 amide bonds. The van der Waals surface area contributed by atoms with Gasteiger partial charge in [-0.25, -0.2) is 14.1 Å². The molecule has 0 radical (unpaired) electrons. The molecule has 0 atom stereocenters. The van der Waals surface area contributed by atoms with Gasteiger partial charge in [0, 0.05) is 50.3 Å². The number of pyridine rings is 2. The molecule has 1 aliphatic heterocycles. The Balaban J connectivity index is 1.02. The van der Waals surface area contributed by atoms with Crippen LogP contribution in [0.1, 0.15) is 30.5 Å². The summed E-state index contributed by atoms with van der Waals surface area (Å²) in [6, 6.07) is 6.24. The molecule has 1 saturated heterocycles. The molecule has 8 nitrogen and oxygen atoms in total. The molecule has 2 bridgehead atoms. The van der Waals surface area contributed by atoms with Crippen LogP contribution in [-0.4, -0.2) is 54.7 Å². The van der Waals surface area contributed by atoms with Crippen LogP contribution in [0.15, 0.2) is 49.2 Å². The van der Waals surface area contributed by atoms with Gasteiger partial charge in [-0.15, -0.1) is 5.10 Å². The van der Waals surface area contributed by atoms with Gasteiger partial charge in [0.25, 0.3) is 0 Å². The molecule has 4 aromatic rings. The average molecular weight is 445 g/mol. The minimum atomic E-state index is -0.825. The Bertz CT molecular complexity index is 1330. The number of nitrogens with one attached hydrogen (secondary N) is 1. The van der Waals surface area contributed by atoms with Crippen LogP contribution in [0.25, 0.3) is 16.9 Å². The minimum Gasteiger partial charge on any atom is -0.367 e. The SMILES string of the molecule is FC12CC(CNCc3ccc4nc(Cn5cc(-c6cncc(N7CC7)c6)nn5)cn4c3)(C1)C2. The van der Waals surface area contributed by atoms with Crippen LogP contribution >= 0.6 is 0 Å². The third-order valence-electron chi connectivity index (χ3n) is 7.16. The van der Waals surface area contributed by atoms with E-state index in [9.17, 15) is 4.39 Å². The molecule has 5 heterocycles.